The molecule has 1 saturated heterocycles. The van der Waals surface area contributed by atoms with Crippen molar-refractivity contribution in [3.05, 3.63) is 94.1 Å². The van der Waals surface area contributed by atoms with Gasteiger partial charge in [-0.2, -0.15) is 0 Å². The van der Waals surface area contributed by atoms with Crippen molar-refractivity contribution in [1.29, 1.82) is 0 Å². The fourth-order valence-corrected chi connectivity index (χ4v) is 4.73. The third-order valence-corrected chi connectivity index (χ3v) is 6.66. The molecule has 0 atom stereocenters. The van der Waals surface area contributed by atoms with Crippen molar-refractivity contribution < 1.29 is 23.4 Å². The van der Waals surface area contributed by atoms with E-state index in [9.17, 15) is 9.18 Å². The van der Waals surface area contributed by atoms with Gasteiger partial charge >= 0.3 is 0 Å². The lowest BCUT2D eigenvalue weighted by Crippen LogP contribution is -2.27. The van der Waals surface area contributed by atoms with E-state index in [4.69, 9.17) is 26.4 Å². The van der Waals surface area contributed by atoms with Crippen LogP contribution in [0.15, 0.2) is 71.6 Å². The Morgan fingerprint density at radius 1 is 1.03 bits per heavy atom. The van der Waals surface area contributed by atoms with E-state index in [1.54, 1.807) is 48.4 Å². The van der Waals surface area contributed by atoms with Crippen LogP contribution in [0.4, 0.5) is 4.39 Å². The fourth-order valence-electron chi connectivity index (χ4n) is 3.47. The number of hydrogen-bond acceptors (Lipinski definition) is 6. The highest BCUT2D eigenvalue weighted by atomic mass is 32.2. The van der Waals surface area contributed by atoms with Crippen molar-refractivity contribution in [2.24, 2.45) is 0 Å². The maximum Gasteiger partial charge on any atom is 0.266 e. The fraction of sp³-hybridized carbons (Fsp3) is 0.185. The van der Waals surface area contributed by atoms with Crippen LogP contribution in [0.25, 0.3) is 6.08 Å². The van der Waals surface area contributed by atoms with Crippen LogP contribution in [0.3, 0.4) is 0 Å². The first-order valence-corrected chi connectivity index (χ1v) is 12.2. The number of halogens is 1. The largest absolute Gasteiger partial charge is 0.497 e. The molecule has 1 aliphatic heterocycles. The molecular weight excluding hydrogens is 485 g/mol. The maximum atomic E-state index is 13.9. The minimum absolute atomic E-state index is 0.0795. The van der Waals surface area contributed by atoms with Gasteiger partial charge in [0.05, 0.1) is 25.2 Å². The zero-order chi connectivity index (χ0) is 24.8. The van der Waals surface area contributed by atoms with Crippen LogP contribution in [0.2, 0.25) is 0 Å². The molecule has 0 saturated carbocycles. The molecule has 1 heterocycles. The van der Waals surface area contributed by atoms with Gasteiger partial charge in [-0.05, 0) is 54.5 Å². The van der Waals surface area contributed by atoms with Crippen LogP contribution in [0.5, 0.6) is 17.2 Å². The summed E-state index contributed by atoms with van der Waals surface area (Å²) in [6.07, 6.45) is 1.79. The molecular formula is C27H24FNO4S2. The molecule has 1 aliphatic rings. The number of methoxy groups -OCH3 is 1. The molecule has 0 spiro atoms. The summed E-state index contributed by atoms with van der Waals surface area (Å²) in [4.78, 5) is 15.2. The van der Waals surface area contributed by atoms with Crippen molar-refractivity contribution in [3.8, 4) is 17.2 Å². The van der Waals surface area contributed by atoms with Gasteiger partial charge in [-0.1, -0.05) is 60.4 Å². The van der Waals surface area contributed by atoms with Crippen molar-refractivity contribution in [2.75, 3.05) is 13.7 Å². The number of thiocarbonyl (C=S) groups is 1. The van der Waals surface area contributed by atoms with Crippen LogP contribution in [-0.2, 0) is 17.9 Å². The van der Waals surface area contributed by atoms with E-state index in [0.29, 0.717) is 39.4 Å². The van der Waals surface area contributed by atoms with Crippen LogP contribution < -0.4 is 14.2 Å². The van der Waals surface area contributed by atoms with Crippen LogP contribution >= 0.6 is 24.0 Å². The van der Waals surface area contributed by atoms with Gasteiger partial charge < -0.3 is 14.2 Å². The zero-order valence-corrected chi connectivity index (χ0v) is 21.0. The quantitative estimate of drug-likeness (QED) is 0.252. The van der Waals surface area contributed by atoms with Crippen molar-refractivity contribution in [2.45, 2.75) is 20.1 Å². The number of hydrogen-bond donors (Lipinski definition) is 0. The summed E-state index contributed by atoms with van der Waals surface area (Å²) in [5.41, 5.74) is 2.19. The molecule has 1 fully saturated rings. The normalized spacial score (nSPS) is 14.5. The number of ether oxygens (including phenoxy) is 3. The lowest BCUT2D eigenvalue weighted by atomic mass is 10.1. The number of carbonyl (C=O) groups is 1. The molecule has 8 heteroatoms. The lowest BCUT2D eigenvalue weighted by molar-refractivity contribution is -0.122. The molecule has 4 rings (SSSR count). The number of thioether (sulfide) groups is 1. The van der Waals surface area contributed by atoms with E-state index < -0.39 is 0 Å². The van der Waals surface area contributed by atoms with E-state index >= 15 is 0 Å². The number of amides is 1. The van der Waals surface area contributed by atoms with E-state index in [-0.39, 0.29) is 18.3 Å². The Balaban J connectivity index is 1.49. The minimum Gasteiger partial charge on any atom is -0.497 e. The third-order valence-electron chi connectivity index (χ3n) is 5.28. The van der Waals surface area contributed by atoms with Crippen LogP contribution in [0, 0.1) is 5.82 Å². The van der Waals surface area contributed by atoms with Crippen LogP contribution in [-0.4, -0.2) is 28.8 Å². The Kier molecular flexibility index (Phi) is 8.05. The first kappa shape index (κ1) is 24.8. The molecule has 3 aromatic rings. The molecule has 0 unspecified atom stereocenters. The van der Waals surface area contributed by atoms with Crippen molar-refractivity contribution in [3.63, 3.8) is 0 Å². The lowest BCUT2D eigenvalue weighted by Gasteiger charge is -2.15. The van der Waals surface area contributed by atoms with Gasteiger partial charge in [0.2, 0.25) is 0 Å². The molecule has 5 nitrogen and oxygen atoms in total. The predicted molar refractivity (Wildman–Crippen MR) is 140 cm³/mol. The number of carbonyl (C=O) groups excluding carboxylic acids is 1. The van der Waals surface area contributed by atoms with Crippen LogP contribution in [0.1, 0.15) is 23.6 Å². The summed E-state index contributed by atoms with van der Waals surface area (Å²) in [5.74, 6) is 1.31. The van der Waals surface area contributed by atoms with Gasteiger partial charge in [-0.25, -0.2) is 4.39 Å². The molecule has 0 aliphatic carbocycles. The number of nitrogens with zero attached hydrogens (tertiary/aromatic N) is 1. The highest BCUT2D eigenvalue weighted by molar-refractivity contribution is 8.26. The van der Waals surface area contributed by atoms with E-state index in [1.165, 1.54) is 17.8 Å². The van der Waals surface area contributed by atoms with Gasteiger partial charge in [-0.15, -0.1) is 0 Å². The minimum atomic E-state index is -0.321. The molecule has 0 aromatic heterocycles. The smallest absolute Gasteiger partial charge is 0.266 e. The second kappa shape index (κ2) is 11.4. The van der Waals surface area contributed by atoms with Gasteiger partial charge in [0.25, 0.3) is 5.91 Å². The average Bonchev–Trinajstić information content (AvgIpc) is 3.12. The molecule has 1 amide bonds. The molecule has 180 valence electrons. The zero-order valence-electron chi connectivity index (χ0n) is 19.3. The third kappa shape index (κ3) is 6.01. The summed E-state index contributed by atoms with van der Waals surface area (Å²) >= 11 is 6.73. The monoisotopic (exact) mass is 509 g/mol. The summed E-state index contributed by atoms with van der Waals surface area (Å²) in [6.45, 7) is 2.77. The molecule has 0 bridgehead atoms. The Morgan fingerprint density at radius 2 is 1.80 bits per heavy atom. The Labute approximate surface area is 213 Å². The first-order valence-electron chi connectivity index (χ1n) is 11.0. The SMILES string of the molecule is CCOc1cc(/C=C2\SC(=S)N(Cc3ccc(OC)cc3)C2=O)ccc1OCc1ccccc1F. The molecule has 35 heavy (non-hydrogen) atoms. The summed E-state index contributed by atoms with van der Waals surface area (Å²) in [5, 5.41) is 0. The average molecular weight is 510 g/mol. The van der Waals surface area contributed by atoms with Crippen molar-refractivity contribution >= 4 is 40.3 Å². The molecule has 0 N–H and O–H groups in total. The second-order valence-electron chi connectivity index (χ2n) is 7.64. The van der Waals surface area contributed by atoms with Gasteiger partial charge in [0, 0.05) is 5.56 Å². The number of rotatable bonds is 9. The summed E-state index contributed by atoms with van der Waals surface area (Å²) < 4.78 is 31.2. The Bertz CT molecular complexity index is 1260. The van der Waals surface area contributed by atoms with Gasteiger partial charge in [0.15, 0.2) is 11.5 Å². The Hall–Kier alpha value is -3.36. The summed E-state index contributed by atoms with van der Waals surface area (Å²) in [7, 11) is 1.61. The maximum absolute atomic E-state index is 13.9. The first-order chi connectivity index (χ1) is 17.0. The van der Waals surface area contributed by atoms with E-state index in [0.717, 1.165) is 16.9 Å². The number of benzene rings is 3. The second-order valence-corrected chi connectivity index (χ2v) is 9.31. The molecule has 0 radical (unpaired) electrons. The predicted octanol–water partition coefficient (Wildman–Crippen LogP) is 6.21. The van der Waals surface area contributed by atoms with E-state index in [2.05, 4.69) is 0 Å². The highest BCUT2D eigenvalue weighted by Crippen LogP contribution is 2.36. The standard InChI is InChI=1S/C27H24FNO4S2/c1-3-32-24-14-19(10-13-23(24)33-17-20-6-4-5-7-22(20)28)15-25-26(30)29(27(34)35-25)16-18-8-11-21(31-2)12-9-18/h4-15H,3,16-17H2,1-2H3/b25-15-. The topological polar surface area (TPSA) is 48.0 Å². The van der Waals surface area contributed by atoms with Gasteiger partial charge in [-0.3, -0.25) is 9.69 Å². The summed E-state index contributed by atoms with van der Waals surface area (Å²) in [6, 6.07) is 19.4. The van der Waals surface area contributed by atoms with Gasteiger partial charge in [0.1, 0.15) is 22.5 Å². The Morgan fingerprint density at radius 3 is 2.51 bits per heavy atom. The van der Waals surface area contributed by atoms with Crippen molar-refractivity contribution in [1.82, 2.24) is 4.90 Å². The highest BCUT2D eigenvalue weighted by Gasteiger charge is 2.32. The van der Waals surface area contributed by atoms with E-state index in [1.807, 2.05) is 37.3 Å². The molecule has 3 aromatic carbocycles.